The van der Waals surface area contributed by atoms with Crippen LogP contribution in [0.4, 0.5) is 5.69 Å². The van der Waals surface area contributed by atoms with E-state index in [1.165, 1.54) is 41.7 Å². The molecule has 3 rings (SSSR count). The molecular weight excluding hydrogens is 372 g/mol. The third-order valence-corrected chi connectivity index (χ3v) is 6.04. The lowest BCUT2D eigenvalue weighted by molar-refractivity contribution is 0.0729. The molecule has 1 heterocycles. The van der Waals surface area contributed by atoms with Gasteiger partial charge in [-0.2, -0.15) is 4.31 Å². The lowest BCUT2D eigenvalue weighted by Crippen LogP contribution is -2.40. The maximum atomic E-state index is 13.0. The molecule has 1 amide bonds. The standard InChI is InChI=1S/C18H20N2O6S/c1-25-16-6-5-13(18(22)19-14-3-2-4-15(21)12-14)11-17(16)27(23,24)20-7-9-26-10-8-20/h2-6,11-12,21H,7-10H2,1H3,(H,19,22). The van der Waals surface area contributed by atoms with Crippen LogP contribution in [0.5, 0.6) is 11.5 Å². The fourth-order valence-corrected chi connectivity index (χ4v) is 4.32. The molecule has 0 aromatic heterocycles. The van der Waals surface area contributed by atoms with E-state index in [4.69, 9.17) is 9.47 Å². The van der Waals surface area contributed by atoms with Gasteiger partial charge in [-0.15, -0.1) is 0 Å². The summed E-state index contributed by atoms with van der Waals surface area (Å²) in [6.07, 6.45) is 0. The minimum absolute atomic E-state index is 0.0121. The first kappa shape index (κ1) is 19.2. The van der Waals surface area contributed by atoms with Gasteiger partial charge in [-0.3, -0.25) is 4.79 Å². The van der Waals surface area contributed by atoms with Gasteiger partial charge in [-0.1, -0.05) is 6.07 Å². The van der Waals surface area contributed by atoms with E-state index in [1.54, 1.807) is 12.1 Å². The molecule has 0 saturated carbocycles. The van der Waals surface area contributed by atoms with Gasteiger partial charge in [-0.25, -0.2) is 8.42 Å². The Bertz CT molecular complexity index is 939. The predicted molar refractivity (Wildman–Crippen MR) is 98.6 cm³/mol. The van der Waals surface area contributed by atoms with Crippen LogP contribution in [0.1, 0.15) is 10.4 Å². The summed E-state index contributed by atoms with van der Waals surface area (Å²) in [5.41, 5.74) is 0.555. The van der Waals surface area contributed by atoms with E-state index in [2.05, 4.69) is 5.32 Å². The minimum Gasteiger partial charge on any atom is -0.508 e. The number of rotatable bonds is 5. The zero-order chi connectivity index (χ0) is 19.4. The second-order valence-corrected chi connectivity index (χ2v) is 7.79. The molecular formula is C18H20N2O6S. The van der Waals surface area contributed by atoms with Crippen LogP contribution in [-0.2, 0) is 14.8 Å². The molecule has 2 aromatic rings. The highest BCUT2D eigenvalue weighted by Gasteiger charge is 2.30. The first-order chi connectivity index (χ1) is 12.9. The van der Waals surface area contributed by atoms with Crippen molar-refractivity contribution >= 4 is 21.6 Å². The SMILES string of the molecule is COc1ccc(C(=O)Nc2cccc(O)c2)cc1S(=O)(=O)N1CCOCC1. The average molecular weight is 392 g/mol. The summed E-state index contributed by atoms with van der Waals surface area (Å²) in [4.78, 5) is 12.4. The number of amides is 1. The molecule has 144 valence electrons. The van der Waals surface area contributed by atoms with Crippen molar-refractivity contribution in [1.82, 2.24) is 4.31 Å². The Morgan fingerprint density at radius 3 is 2.59 bits per heavy atom. The number of sulfonamides is 1. The van der Waals surface area contributed by atoms with Gasteiger partial charge < -0.3 is 19.9 Å². The van der Waals surface area contributed by atoms with Gasteiger partial charge in [0, 0.05) is 30.4 Å². The molecule has 27 heavy (non-hydrogen) atoms. The quantitative estimate of drug-likeness (QED) is 0.802. The largest absolute Gasteiger partial charge is 0.508 e. The monoisotopic (exact) mass is 392 g/mol. The van der Waals surface area contributed by atoms with Gasteiger partial charge in [0.05, 0.1) is 20.3 Å². The number of ether oxygens (including phenoxy) is 2. The number of phenolic OH excluding ortho intramolecular Hbond substituents is 1. The van der Waals surface area contributed by atoms with Crippen LogP contribution in [-0.4, -0.2) is 57.1 Å². The summed E-state index contributed by atoms with van der Waals surface area (Å²) in [5.74, 6) is -0.324. The Morgan fingerprint density at radius 1 is 1.19 bits per heavy atom. The predicted octanol–water partition coefficient (Wildman–Crippen LogP) is 1.67. The second-order valence-electron chi connectivity index (χ2n) is 5.89. The van der Waals surface area contributed by atoms with Crippen molar-refractivity contribution in [3.05, 3.63) is 48.0 Å². The molecule has 0 spiro atoms. The zero-order valence-corrected chi connectivity index (χ0v) is 15.5. The number of carbonyl (C=O) groups excluding carboxylic acids is 1. The topological polar surface area (TPSA) is 105 Å². The van der Waals surface area contributed by atoms with E-state index in [0.29, 0.717) is 18.9 Å². The summed E-state index contributed by atoms with van der Waals surface area (Å²) >= 11 is 0. The number of phenols is 1. The summed E-state index contributed by atoms with van der Waals surface area (Å²) in [6, 6.07) is 10.3. The van der Waals surface area contributed by atoms with E-state index in [9.17, 15) is 18.3 Å². The highest BCUT2D eigenvalue weighted by atomic mass is 32.2. The molecule has 0 aliphatic carbocycles. The molecule has 0 radical (unpaired) electrons. The van der Waals surface area contributed by atoms with Crippen molar-refractivity contribution in [3.8, 4) is 11.5 Å². The van der Waals surface area contributed by atoms with Crippen molar-refractivity contribution < 1.29 is 27.8 Å². The minimum atomic E-state index is -3.83. The normalized spacial score (nSPS) is 15.3. The van der Waals surface area contributed by atoms with Crippen LogP contribution in [0.2, 0.25) is 0 Å². The molecule has 8 nitrogen and oxygen atoms in total. The van der Waals surface area contributed by atoms with Crippen molar-refractivity contribution in [2.45, 2.75) is 4.90 Å². The highest BCUT2D eigenvalue weighted by Crippen LogP contribution is 2.29. The smallest absolute Gasteiger partial charge is 0.255 e. The van der Waals surface area contributed by atoms with E-state index in [0.717, 1.165) is 0 Å². The number of nitrogens with zero attached hydrogens (tertiary/aromatic N) is 1. The number of hydrogen-bond acceptors (Lipinski definition) is 6. The summed E-state index contributed by atoms with van der Waals surface area (Å²) in [5, 5.41) is 12.1. The summed E-state index contributed by atoms with van der Waals surface area (Å²) in [6.45, 7) is 1.12. The molecule has 9 heteroatoms. The number of morpholine rings is 1. The third kappa shape index (κ3) is 4.21. The summed E-state index contributed by atoms with van der Waals surface area (Å²) < 4.78 is 37.6. The fourth-order valence-electron chi connectivity index (χ4n) is 2.73. The van der Waals surface area contributed by atoms with Crippen LogP contribution < -0.4 is 10.1 Å². The van der Waals surface area contributed by atoms with Crippen molar-refractivity contribution in [2.75, 3.05) is 38.7 Å². The molecule has 1 aliphatic rings. The number of methoxy groups -OCH3 is 1. The van der Waals surface area contributed by atoms with E-state index >= 15 is 0 Å². The number of benzene rings is 2. The molecule has 0 bridgehead atoms. The number of carbonyl (C=O) groups is 1. The lowest BCUT2D eigenvalue weighted by atomic mass is 10.2. The second kappa shape index (κ2) is 7.95. The van der Waals surface area contributed by atoms with Gasteiger partial charge in [-0.05, 0) is 30.3 Å². The van der Waals surface area contributed by atoms with Gasteiger partial charge in [0.1, 0.15) is 16.4 Å². The van der Waals surface area contributed by atoms with Crippen LogP contribution in [0.3, 0.4) is 0 Å². The first-order valence-electron chi connectivity index (χ1n) is 8.28. The van der Waals surface area contributed by atoms with Gasteiger partial charge >= 0.3 is 0 Å². The van der Waals surface area contributed by atoms with E-state index in [-0.39, 0.29) is 35.0 Å². The Hall–Kier alpha value is -2.62. The summed E-state index contributed by atoms with van der Waals surface area (Å²) in [7, 11) is -2.46. The fraction of sp³-hybridized carbons (Fsp3) is 0.278. The molecule has 2 aromatic carbocycles. The number of aromatic hydroxyl groups is 1. The Labute approximate surface area is 157 Å². The number of anilines is 1. The number of nitrogens with one attached hydrogen (secondary N) is 1. The van der Waals surface area contributed by atoms with Crippen LogP contribution >= 0.6 is 0 Å². The highest BCUT2D eigenvalue weighted by molar-refractivity contribution is 7.89. The van der Waals surface area contributed by atoms with Crippen LogP contribution in [0, 0.1) is 0 Å². The van der Waals surface area contributed by atoms with Gasteiger partial charge in [0.25, 0.3) is 5.91 Å². The average Bonchev–Trinajstić information content (AvgIpc) is 2.68. The maximum Gasteiger partial charge on any atom is 0.255 e. The van der Waals surface area contributed by atoms with Crippen molar-refractivity contribution in [2.24, 2.45) is 0 Å². The van der Waals surface area contributed by atoms with Gasteiger partial charge in [0.15, 0.2) is 0 Å². The molecule has 1 aliphatic heterocycles. The number of hydrogen-bond donors (Lipinski definition) is 2. The Morgan fingerprint density at radius 2 is 1.93 bits per heavy atom. The molecule has 2 N–H and O–H groups in total. The van der Waals surface area contributed by atoms with E-state index < -0.39 is 15.9 Å². The Balaban J connectivity index is 1.92. The Kier molecular flexibility index (Phi) is 5.64. The zero-order valence-electron chi connectivity index (χ0n) is 14.7. The van der Waals surface area contributed by atoms with E-state index in [1.807, 2.05) is 0 Å². The third-order valence-electron chi connectivity index (χ3n) is 4.12. The molecule has 0 atom stereocenters. The van der Waals surface area contributed by atoms with Crippen molar-refractivity contribution in [1.29, 1.82) is 0 Å². The van der Waals surface area contributed by atoms with Gasteiger partial charge in [0.2, 0.25) is 10.0 Å². The molecule has 1 fully saturated rings. The van der Waals surface area contributed by atoms with Crippen molar-refractivity contribution in [3.63, 3.8) is 0 Å². The molecule has 1 saturated heterocycles. The first-order valence-corrected chi connectivity index (χ1v) is 9.72. The maximum absolute atomic E-state index is 13.0. The van der Waals surface area contributed by atoms with Crippen LogP contribution in [0.15, 0.2) is 47.4 Å². The molecule has 0 unspecified atom stereocenters. The van der Waals surface area contributed by atoms with Crippen LogP contribution in [0.25, 0.3) is 0 Å². The lowest BCUT2D eigenvalue weighted by Gasteiger charge is -2.26.